The predicted molar refractivity (Wildman–Crippen MR) is 145 cm³/mol. The van der Waals surface area contributed by atoms with Gasteiger partial charge in [0, 0.05) is 48.0 Å². The molecule has 2 aromatic heterocycles. The topological polar surface area (TPSA) is 89.4 Å². The van der Waals surface area contributed by atoms with Crippen molar-refractivity contribution in [3.63, 3.8) is 0 Å². The summed E-state index contributed by atoms with van der Waals surface area (Å²) in [5.41, 5.74) is -0.573. The first-order valence-corrected chi connectivity index (χ1v) is 15.8. The van der Waals surface area contributed by atoms with Gasteiger partial charge >= 0.3 is 6.18 Å². The largest absolute Gasteiger partial charge is 0.418 e. The average Bonchev–Trinajstić information content (AvgIpc) is 3.42. The second-order valence-electron chi connectivity index (χ2n) is 11.7. The van der Waals surface area contributed by atoms with Gasteiger partial charge in [-0.3, -0.25) is 4.79 Å². The van der Waals surface area contributed by atoms with Crippen molar-refractivity contribution in [3.05, 3.63) is 29.1 Å². The van der Waals surface area contributed by atoms with Crippen LogP contribution in [0, 0.1) is 5.92 Å². The number of sulfonamides is 1. The molecule has 4 rings (SSSR count). The lowest BCUT2D eigenvalue weighted by Crippen LogP contribution is -2.40. The molecule has 7 nitrogen and oxygen atoms in total. The number of nitrogens with one attached hydrogen (secondary N) is 2. The van der Waals surface area contributed by atoms with Crippen molar-refractivity contribution < 1.29 is 31.1 Å². The van der Waals surface area contributed by atoms with Crippen LogP contribution in [-0.4, -0.2) is 43.7 Å². The SMILES string of the molecule is Cn1c(C(=O)NC2CCOCC2)cc(-c2cc(C(F)(F)F)c(S(=O)(=O)NC(C)(C)C)s2)c1CC1CCCCC1. The number of nitrogens with zero attached hydrogens (tertiary/aromatic N) is 1. The van der Waals surface area contributed by atoms with Crippen LogP contribution < -0.4 is 10.0 Å². The van der Waals surface area contributed by atoms with Gasteiger partial charge in [-0.25, -0.2) is 13.1 Å². The fraction of sp³-hybridized carbons (Fsp3) is 0.667. The van der Waals surface area contributed by atoms with Gasteiger partial charge in [0.1, 0.15) is 9.90 Å². The molecule has 0 atom stereocenters. The number of halogens is 3. The van der Waals surface area contributed by atoms with Gasteiger partial charge in [0.05, 0.1) is 5.56 Å². The Labute approximate surface area is 232 Å². The Hall–Kier alpha value is -1.89. The Morgan fingerprint density at radius 2 is 1.72 bits per heavy atom. The molecule has 1 saturated carbocycles. The summed E-state index contributed by atoms with van der Waals surface area (Å²) in [6.07, 6.45) is 2.52. The number of amides is 1. The lowest BCUT2D eigenvalue weighted by molar-refractivity contribution is -0.139. The summed E-state index contributed by atoms with van der Waals surface area (Å²) in [6.45, 7) is 5.86. The summed E-state index contributed by atoms with van der Waals surface area (Å²) in [5.74, 6) is 0.0562. The fourth-order valence-corrected chi connectivity index (χ4v) is 8.58. The van der Waals surface area contributed by atoms with Crippen LogP contribution in [-0.2, 0) is 34.4 Å². The Kier molecular flexibility index (Phi) is 8.90. The highest BCUT2D eigenvalue weighted by atomic mass is 32.2. The predicted octanol–water partition coefficient (Wildman–Crippen LogP) is 5.88. The molecule has 2 aliphatic rings. The number of hydrogen-bond acceptors (Lipinski definition) is 5. The van der Waals surface area contributed by atoms with Gasteiger partial charge in [-0.2, -0.15) is 13.2 Å². The third kappa shape index (κ3) is 7.25. The first-order chi connectivity index (χ1) is 18.2. The minimum Gasteiger partial charge on any atom is -0.381 e. The number of rotatable bonds is 7. The van der Waals surface area contributed by atoms with E-state index in [-0.39, 0.29) is 16.8 Å². The molecule has 0 spiro atoms. The van der Waals surface area contributed by atoms with Crippen molar-refractivity contribution in [3.8, 4) is 10.4 Å². The Balaban J connectivity index is 1.79. The molecule has 218 valence electrons. The van der Waals surface area contributed by atoms with E-state index in [0.29, 0.717) is 61.0 Å². The molecular formula is C27H38F3N3O4S2. The van der Waals surface area contributed by atoms with Crippen molar-refractivity contribution in [1.29, 1.82) is 0 Å². The van der Waals surface area contributed by atoms with Crippen molar-refractivity contribution in [2.75, 3.05) is 13.2 Å². The molecule has 1 aliphatic heterocycles. The van der Waals surface area contributed by atoms with E-state index in [2.05, 4.69) is 10.0 Å². The third-order valence-corrected chi connectivity index (χ3v) is 10.8. The highest BCUT2D eigenvalue weighted by Gasteiger charge is 2.41. The molecule has 2 N–H and O–H groups in total. The van der Waals surface area contributed by atoms with Crippen LogP contribution in [0.5, 0.6) is 0 Å². The molecule has 12 heteroatoms. The van der Waals surface area contributed by atoms with Gasteiger partial charge in [0.2, 0.25) is 0 Å². The standard InChI is InChI=1S/C27H38F3N3O4S2/c1-26(2,3)32-39(35,36)25-20(27(28,29)30)16-23(38-25)19-15-22(24(34)31-18-10-12-37-13-11-18)33(4)21(19)14-17-8-6-5-7-9-17/h15-18,32H,5-14H2,1-4H3,(H,31,34). The van der Waals surface area contributed by atoms with Crippen molar-refractivity contribution >= 4 is 27.3 Å². The molecule has 0 bridgehead atoms. The zero-order chi connectivity index (χ0) is 28.6. The lowest BCUT2D eigenvalue weighted by Gasteiger charge is -2.24. The van der Waals surface area contributed by atoms with Crippen LogP contribution in [0.15, 0.2) is 16.3 Å². The Morgan fingerprint density at radius 3 is 2.31 bits per heavy atom. The lowest BCUT2D eigenvalue weighted by atomic mass is 9.85. The van der Waals surface area contributed by atoms with E-state index < -0.39 is 31.5 Å². The van der Waals surface area contributed by atoms with Gasteiger partial charge in [0.15, 0.2) is 0 Å². The number of alkyl halides is 3. The van der Waals surface area contributed by atoms with Crippen molar-refractivity contribution in [2.45, 2.75) is 94.1 Å². The molecule has 39 heavy (non-hydrogen) atoms. The number of carbonyl (C=O) groups excluding carboxylic acids is 1. The van der Waals surface area contributed by atoms with Crippen LogP contribution in [0.25, 0.3) is 10.4 Å². The van der Waals surface area contributed by atoms with Crippen LogP contribution >= 0.6 is 11.3 Å². The van der Waals surface area contributed by atoms with Crippen LogP contribution in [0.4, 0.5) is 13.2 Å². The van der Waals surface area contributed by atoms with Crippen LogP contribution in [0.2, 0.25) is 0 Å². The van der Waals surface area contributed by atoms with Crippen molar-refractivity contribution in [1.82, 2.24) is 14.6 Å². The van der Waals surface area contributed by atoms with Gasteiger partial charge in [-0.1, -0.05) is 32.1 Å². The molecule has 1 amide bonds. The fourth-order valence-electron chi connectivity index (χ4n) is 5.44. The summed E-state index contributed by atoms with van der Waals surface area (Å²) in [4.78, 5) is 13.5. The zero-order valence-corrected chi connectivity index (χ0v) is 24.5. The number of carbonyl (C=O) groups is 1. The molecule has 0 unspecified atom stereocenters. The smallest absolute Gasteiger partial charge is 0.381 e. The number of hydrogen-bond donors (Lipinski definition) is 2. The van der Waals surface area contributed by atoms with Crippen molar-refractivity contribution in [2.24, 2.45) is 13.0 Å². The second kappa shape index (κ2) is 11.5. The summed E-state index contributed by atoms with van der Waals surface area (Å²) in [5, 5.41) is 3.04. The van der Waals surface area contributed by atoms with Gasteiger partial charge in [0.25, 0.3) is 15.9 Å². The maximum atomic E-state index is 14.1. The molecule has 1 saturated heterocycles. The normalized spacial score (nSPS) is 18.4. The van der Waals surface area contributed by atoms with E-state index in [1.807, 2.05) is 0 Å². The maximum absolute atomic E-state index is 14.1. The van der Waals surface area contributed by atoms with E-state index in [0.717, 1.165) is 43.9 Å². The highest BCUT2D eigenvalue weighted by Crippen LogP contribution is 2.45. The molecule has 3 heterocycles. The quantitative estimate of drug-likeness (QED) is 0.422. The monoisotopic (exact) mass is 589 g/mol. The number of aromatic nitrogens is 1. The highest BCUT2D eigenvalue weighted by molar-refractivity contribution is 7.91. The Morgan fingerprint density at radius 1 is 1.08 bits per heavy atom. The van der Waals surface area contributed by atoms with Gasteiger partial charge in [-0.15, -0.1) is 11.3 Å². The number of thiophene rings is 1. The summed E-state index contributed by atoms with van der Waals surface area (Å²) in [6, 6.07) is 2.50. The first-order valence-electron chi connectivity index (χ1n) is 13.5. The molecular weight excluding hydrogens is 551 g/mol. The van der Waals surface area contributed by atoms with E-state index in [1.54, 1.807) is 38.5 Å². The second-order valence-corrected chi connectivity index (χ2v) is 14.6. The number of ether oxygens (including phenoxy) is 1. The van der Waals surface area contributed by atoms with E-state index in [4.69, 9.17) is 4.74 Å². The first kappa shape index (κ1) is 30.1. The van der Waals surface area contributed by atoms with E-state index >= 15 is 0 Å². The van der Waals surface area contributed by atoms with Crippen LogP contribution in [0.1, 0.15) is 87.5 Å². The Bertz CT molecular complexity index is 1280. The molecule has 0 aromatic carbocycles. The minimum atomic E-state index is -4.86. The minimum absolute atomic E-state index is 0.0369. The zero-order valence-electron chi connectivity index (χ0n) is 22.9. The molecule has 1 aliphatic carbocycles. The van der Waals surface area contributed by atoms with E-state index in [9.17, 15) is 26.4 Å². The summed E-state index contributed by atoms with van der Waals surface area (Å²) < 4.78 is 77.3. The van der Waals surface area contributed by atoms with Crippen LogP contribution in [0.3, 0.4) is 0 Å². The molecule has 0 radical (unpaired) electrons. The van der Waals surface area contributed by atoms with E-state index in [1.165, 1.54) is 0 Å². The average molecular weight is 590 g/mol. The summed E-state index contributed by atoms with van der Waals surface area (Å²) in [7, 11) is -2.69. The maximum Gasteiger partial charge on any atom is 0.418 e. The molecule has 2 fully saturated rings. The van der Waals surface area contributed by atoms with Gasteiger partial charge < -0.3 is 14.6 Å². The third-order valence-electron chi connectivity index (χ3n) is 7.31. The van der Waals surface area contributed by atoms with Gasteiger partial charge in [-0.05, 0) is 58.1 Å². The summed E-state index contributed by atoms with van der Waals surface area (Å²) >= 11 is 0.601. The molecule has 2 aromatic rings.